The number of rotatable bonds is 3. The van der Waals surface area contributed by atoms with Crippen molar-refractivity contribution in [2.45, 2.75) is 0 Å². The molecule has 7 heteroatoms. The zero-order valence-electron chi connectivity index (χ0n) is 9.48. The van der Waals surface area contributed by atoms with Gasteiger partial charge in [-0.25, -0.2) is 4.39 Å². The average Bonchev–Trinajstić information content (AvgIpc) is 2.26. The summed E-state index contributed by atoms with van der Waals surface area (Å²) in [5, 5.41) is 18.8. The van der Waals surface area contributed by atoms with E-state index in [1.165, 1.54) is 24.3 Å². The normalized spacial score (nSPS) is 10.4. The van der Waals surface area contributed by atoms with Crippen LogP contribution in [0.3, 0.4) is 0 Å². The summed E-state index contributed by atoms with van der Waals surface area (Å²) in [4.78, 5) is 0. The standard InChI is InChI=1S/C12H8BCl2FO3/c14-8-3-9(15)5-12(4-8)19-11-2-7(13(17)18)1-10(16)6-11/h1-6,17-18H. The second-order valence-electron chi connectivity index (χ2n) is 3.80. The molecule has 0 aliphatic rings. The van der Waals surface area contributed by atoms with Crippen LogP contribution in [0.4, 0.5) is 4.39 Å². The van der Waals surface area contributed by atoms with Crippen molar-refractivity contribution >= 4 is 35.8 Å². The molecule has 0 spiro atoms. The molecule has 98 valence electrons. The molecule has 0 aromatic heterocycles. The summed E-state index contributed by atoms with van der Waals surface area (Å²) >= 11 is 11.6. The fourth-order valence-electron chi connectivity index (χ4n) is 1.52. The Balaban J connectivity index is 2.32. The minimum absolute atomic E-state index is 0.0110. The molecule has 0 atom stereocenters. The highest BCUT2D eigenvalue weighted by Crippen LogP contribution is 2.28. The second-order valence-corrected chi connectivity index (χ2v) is 4.67. The SMILES string of the molecule is OB(O)c1cc(F)cc(Oc2cc(Cl)cc(Cl)c2)c1. The first-order valence-corrected chi connectivity index (χ1v) is 6.00. The number of halogens is 3. The first-order chi connectivity index (χ1) is 8.94. The zero-order valence-corrected chi connectivity index (χ0v) is 11.0. The fraction of sp³-hybridized carbons (Fsp3) is 0. The maximum absolute atomic E-state index is 13.3. The van der Waals surface area contributed by atoms with Crippen LogP contribution < -0.4 is 10.2 Å². The third kappa shape index (κ3) is 3.85. The monoisotopic (exact) mass is 300 g/mol. The molecule has 0 saturated carbocycles. The first kappa shape index (κ1) is 14.2. The number of hydrogen-bond acceptors (Lipinski definition) is 3. The Morgan fingerprint density at radius 2 is 1.47 bits per heavy atom. The summed E-state index contributed by atoms with van der Waals surface area (Å²) in [5.41, 5.74) is -0.0110. The third-order valence-corrected chi connectivity index (χ3v) is 2.70. The Morgan fingerprint density at radius 3 is 2.05 bits per heavy atom. The molecule has 0 unspecified atom stereocenters. The molecular weight excluding hydrogens is 293 g/mol. The van der Waals surface area contributed by atoms with Crippen LogP contribution in [0.2, 0.25) is 10.0 Å². The maximum atomic E-state index is 13.3. The van der Waals surface area contributed by atoms with Crippen molar-refractivity contribution in [1.29, 1.82) is 0 Å². The van der Waals surface area contributed by atoms with E-state index in [0.717, 1.165) is 12.1 Å². The van der Waals surface area contributed by atoms with Crippen LogP contribution in [0.5, 0.6) is 11.5 Å². The summed E-state index contributed by atoms with van der Waals surface area (Å²) in [6.07, 6.45) is 0. The van der Waals surface area contributed by atoms with Crippen molar-refractivity contribution in [3.8, 4) is 11.5 Å². The molecule has 2 rings (SSSR count). The van der Waals surface area contributed by atoms with Crippen LogP contribution in [0.15, 0.2) is 36.4 Å². The van der Waals surface area contributed by atoms with Gasteiger partial charge in [-0.3, -0.25) is 0 Å². The van der Waals surface area contributed by atoms with Crippen molar-refractivity contribution in [2.24, 2.45) is 0 Å². The Morgan fingerprint density at radius 1 is 0.895 bits per heavy atom. The maximum Gasteiger partial charge on any atom is 0.488 e. The van der Waals surface area contributed by atoms with Gasteiger partial charge in [-0.15, -0.1) is 0 Å². The summed E-state index contributed by atoms with van der Waals surface area (Å²) in [5.74, 6) is -0.211. The van der Waals surface area contributed by atoms with E-state index in [4.69, 9.17) is 38.0 Å². The van der Waals surface area contributed by atoms with Gasteiger partial charge in [0, 0.05) is 16.1 Å². The molecule has 2 N–H and O–H groups in total. The molecular formula is C12H8BCl2FO3. The van der Waals surface area contributed by atoms with Crippen LogP contribution >= 0.6 is 23.2 Å². The van der Waals surface area contributed by atoms with E-state index < -0.39 is 12.9 Å². The lowest BCUT2D eigenvalue weighted by atomic mass is 9.80. The minimum atomic E-state index is -1.78. The van der Waals surface area contributed by atoms with Gasteiger partial charge in [0.25, 0.3) is 0 Å². The van der Waals surface area contributed by atoms with Gasteiger partial charge >= 0.3 is 7.12 Å². The van der Waals surface area contributed by atoms with E-state index in [1.54, 1.807) is 0 Å². The van der Waals surface area contributed by atoms with Crippen LogP contribution in [0.1, 0.15) is 0 Å². The van der Waals surface area contributed by atoms with E-state index in [-0.39, 0.29) is 11.2 Å². The topological polar surface area (TPSA) is 49.7 Å². The summed E-state index contributed by atoms with van der Waals surface area (Å²) in [7, 11) is -1.78. The molecule has 0 aliphatic heterocycles. The summed E-state index contributed by atoms with van der Waals surface area (Å²) < 4.78 is 18.7. The van der Waals surface area contributed by atoms with E-state index in [0.29, 0.717) is 15.8 Å². The van der Waals surface area contributed by atoms with E-state index in [1.807, 2.05) is 0 Å². The van der Waals surface area contributed by atoms with Gasteiger partial charge in [0.2, 0.25) is 0 Å². The molecule has 0 saturated heterocycles. The Bertz CT molecular complexity index is 587. The fourth-order valence-corrected chi connectivity index (χ4v) is 2.02. The number of hydrogen-bond donors (Lipinski definition) is 2. The van der Waals surface area contributed by atoms with Crippen molar-refractivity contribution < 1.29 is 19.2 Å². The number of benzene rings is 2. The molecule has 19 heavy (non-hydrogen) atoms. The van der Waals surface area contributed by atoms with Crippen LogP contribution in [0.25, 0.3) is 0 Å². The lowest BCUT2D eigenvalue weighted by Gasteiger charge is -2.09. The molecule has 0 bridgehead atoms. The molecule has 2 aromatic carbocycles. The van der Waals surface area contributed by atoms with Gasteiger partial charge in [0.05, 0.1) is 0 Å². The van der Waals surface area contributed by atoms with Gasteiger partial charge in [0.15, 0.2) is 0 Å². The van der Waals surface area contributed by atoms with Gasteiger partial charge in [0.1, 0.15) is 17.3 Å². The molecule has 0 aliphatic carbocycles. The lowest BCUT2D eigenvalue weighted by molar-refractivity contribution is 0.424. The van der Waals surface area contributed by atoms with Crippen LogP contribution in [0, 0.1) is 5.82 Å². The second kappa shape index (κ2) is 5.80. The van der Waals surface area contributed by atoms with Gasteiger partial charge in [-0.1, -0.05) is 23.2 Å². The Hall–Kier alpha value is -1.27. The van der Waals surface area contributed by atoms with E-state index in [2.05, 4.69) is 0 Å². The molecule has 3 nitrogen and oxygen atoms in total. The largest absolute Gasteiger partial charge is 0.488 e. The van der Waals surface area contributed by atoms with Gasteiger partial charge in [-0.2, -0.15) is 0 Å². The highest BCUT2D eigenvalue weighted by atomic mass is 35.5. The van der Waals surface area contributed by atoms with Gasteiger partial charge < -0.3 is 14.8 Å². The zero-order chi connectivity index (χ0) is 14.0. The quantitative estimate of drug-likeness (QED) is 0.857. The molecule has 0 fully saturated rings. The molecule has 0 heterocycles. The summed E-state index contributed by atoms with van der Waals surface area (Å²) in [6, 6.07) is 7.97. The average molecular weight is 301 g/mol. The molecule has 2 aromatic rings. The Labute approximate surface area is 119 Å². The van der Waals surface area contributed by atoms with Crippen molar-refractivity contribution in [3.05, 3.63) is 52.3 Å². The third-order valence-electron chi connectivity index (χ3n) is 2.26. The Kier molecular flexibility index (Phi) is 4.32. The molecule has 0 amide bonds. The van der Waals surface area contributed by atoms with Crippen molar-refractivity contribution in [3.63, 3.8) is 0 Å². The predicted octanol–water partition coefficient (Wildman–Crippen LogP) is 2.60. The van der Waals surface area contributed by atoms with E-state index >= 15 is 0 Å². The minimum Gasteiger partial charge on any atom is -0.457 e. The number of ether oxygens (including phenoxy) is 1. The highest BCUT2D eigenvalue weighted by Gasteiger charge is 2.14. The molecule has 0 radical (unpaired) electrons. The predicted molar refractivity (Wildman–Crippen MR) is 72.8 cm³/mol. The summed E-state index contributed by atoms with van der Waals surface area (Å²) in [6.45, 7) is 0. The van der Waals surface area contributed by atoms with Crippen LogP contribution in [-0.4, -0.2) is 17.2 Å². The van der Waals surface area contributed by atoms with E-state index in [9.17, 15) is 4.39 Å². The first-order valence-electron chi connectivity index (χ1n) is 5.24. The van der Waals surface area contributed by atoms with Crippen molar-refractivity contribution in [1.82, 2.24) is 0 Å². The van der Waals surface area contributed by atoms with Crippen LogP contribution in [-0.2, 0) is 0 Å². The van der Waals surface area contributed by atoms with Crippen molar-refractivity contribution in [2.75, 3.05) is 0 Å². The lowest BCUT2D eigenvalue weighted by Crippen LogP contribution is -2.30. The highest BCUT2D eigenvalue weighted by molar-refractivity contribution is 6.58. The van der Waals surface area contributed by atoms with Gasteiger partial charge in [-0.05, 0) is 35.8 Å². The smallest absolute Gasteiger partial charge is 0.457 e.